The average Bonchev–Trinajstić information content (AvgIpc) is 2.81. The van der Waals surface area contributed by atoms with Gasteiger partial charge < -0.3 is 5.11 Å². The zero-order valence-corrected chi connectivity index (χ0v) is 15.9. The monoisotopic (exact) mass is 394 g/mol. The van der Waals surface area contributed by atoms with Gasteiger partial charge in [-0.05, 0) is 35.9 Å². The van der Waals surface area contributed by atoms with Crippen LogP contribution in [-0.2, 0) is 0 Å². The molecule has 3 aromatic carbocycles. The maximum absolute atomic E-state index is 12.7. The smallest absolute Gasteiger partial charge is 0.309 e. The summed E-state index contributed by atoms with van der Waals surface area (Å²) in [7, 11) is 0. The van der Waals surface area contributed by atoms with Crippen molar-refractivity contribution in [1.82, 2.24) is 15.4 Å². The van der Waals surface area contributed by atoms with E-state index in [0.29, 0.717) is 11.4 Å². The number of benzene rings is 3. The molecule has 0 spiro atoms. The summed E-state index contributed by atoms with van der Waals surface area (Å²) >= 11 is 0. The number of aromatic hydroxyl groups is 1. The van der Waals surface area contributed by atoms with Gasteiger partial charge in [0.25, 0.3) is 0 Å². The van der Waals surface area contributed by atoms with E-state index in [4.69, 9.17) is 0 Å². The molecule has 146 valence electrons. The molecule has 1 aromatic heterocycles. The number of carbonyl (C=O) groups excluding carboxylic acids is 1. The van der Waals surface area contributed by atoms with Crippen LogP contribution in [-0.4, -0.2) is 27.2 Å². The fourth-order valence-corrected chi connectivity index (χ4v) is 2.84. The number of hydrazone groups is 1. The highest BCUT2D eigenvalue weighted by Gasteiger charge is 2.14. The van der Waals surface area contributed by atoms with E-state index in [0.717, 1.165) is 16.7 Å². The maximum atomic E-state index is 12.7. The quantitative estimate of drug-likeness (QED) is 0.391. The van der Waals surface area contributed by atoms with Crippen molar-refractivity contribution >= 4 is 12.1 Å². The van der Waals surface area contributed by atoms with Crippen LogP contribution in [0, 0.1) is 0 Å². The number of hydrogen-bond donors (Lipinski definition) is 2. The van der Waals surface area contributed by atoms with Gasteiger partial charge in [-0.3, -0.25) is 4.79 Å². The molecular weight excluding hydrogens is 376 g/mol. The van der Waals surface area contributed by atoms with Gasteiger partial charge >= 0.3 is 5.91 Å². The van der Waals surface area contributed by atoms with E-state index in [-0.39, 0.29) is 11.6 Å². The Morgan fingerprint density at radius 1 is 0.800 bits per heavy atom. The Morgan fingerprint density at radius 2 is 1.33 bits per heavy atom. The normalized spacial score (nSPS) is 10.8. The van der Waals surface area contributed by atoms with Crippen LogP contribution >= 0.6 is 0 Å². The molecule has 2 N–H and O–H groups in total. The number of phenols is 1. The van der Waals surface area contributed by atoms with Crippen molar-refractivity contribution in [2.45, 2.75) is 0 Å². The number of nitrogens with one attached hydrogen (secondary N) is 1. The Bertz CT molecular complexity index is 1120. The summed E-state index contributed by atoms with van der Waals surface area (Å²) < 4.78 is 0. The molecule has 30 heavy (non-hydrogen) atoms. The molecule has 0 unspecified atom stereocenters. The van der Waals surface area contributed by atoms with Gasteiger partial charge in [-0.1, -0.05) is 60.7 Å². The lowest BCUT2D eigenvalue weighted by Gasteiger charge is -2.08. The van der Waals surface area contributed by atoms with E-state index in [1.807, 2.05) is 66.7 Å². The molecule has 4 aromatic rings. The summed E-state index contributed by atoms with van der Waals surface area (Å²) in [4.78, 5) is 21.5. The summed E-state index contributed by atoms with van der Waals surface area (Å²) in [5.74, 6) is -0.325. The number of phenolic OH excluding ortho intramolecular Hbond substituents is 1. The first-order chi connectivity index (χ1) is 14.7. The van der Waals surface area contributed by atoms with Crippen LogP contribution in [0.2, 0.25) is 0 Å². The molecule has 6 heteroatoms. The molecular formula is C24H18N4O2. The molecule has 1 amide bonds. The zero-order valence-electron chi connectivity index (χ0n) is 15.9. The van der Waals surface area contributed by atoms with Gasteiger partial charge in [0, 0.05) is 11.1 Å². The molecule has 0 bridgehead atoms. The second kappa shape index (κ2) is 8.79. The Kier molecular flexibility index (Phi) is 5.57. The van der Waals surface area contributed by atoms with Crippen molar-refractivity contribution in [1.29, 1.82) is 0 Å². The molecule has 0 saturated heterocycles. The zero-order chi connectivity index (χ0) is 20.8. The Morgan fingerprint density at radius 3 is 1.87 bits per heavy atom. The van der Waals surface area contributed by atoms with E-state index in [1.54, 1.807) is 24.3 Å². The number of amides is 1. The fraction of sp³-hybridized carbons (Fsp3) is 0. The minimum atomic E-state index is -0.514. The lowest BCUT2D eigenvalue weighted by Crippen LogP contribution is -2.21. The largest absolute Gasteiger partial charge is 0.508 e. The maximum Gasteiger partial charge on any atom is 0.309 e. The fourth-order valence-electron chi connectivity index (χ4n) is 2.84. The highest BCUT2D eigenvalue weighted by atomic mass is 16.3. The topological polar surface area (TPSA) is 87.5 Å². The van der Waals surface area contributed by atoms with Crippen LogP contribution in [0.5, 0.6) is 5.75 Å². The van der Waals surface area contributed by atoms with Crippen LogP contribution in [0.4, 0.5) is 0 Å². The van der Waals surface area contributed by atoms with Gasteiger partial charge in [-0.2, -0.15) is 5.10 Å². The van der Waals surface area contributed by atoms with Crippen LogP contribution in [0.1, 0.15) is 16.2 Å². The van der Waals surface area contributed by atoms with E-state index >= 15 is 0 Å². The SMILES string of the molecule is O=C(N/N=C/c1ccc(O)cc1)c1nc(-c2ccccc2)cc(-c2ccccc2)n1. The second-order valence-electron chi connectivity index (χ2n) is 6.48. The van der Waals surface area contributed by atoms with E-state index in [2.05, 4.69) is 20.5 Å². The molecule has 0 aliphatic heterocycles. The van der Waals surface area contributed by atoms with Crippen molar-refractivity contribution in [3.8, 4) is 28.3 Å². The van der Waals surface area contributed by atoms with Crippen LogP contribution < -0.4 is 5.43 Å². The Labute approximate surface area is 173 Å². The van der Waals surface area contributed by atoms with Crippen molar-refractivity contribution < 1.29 is 9.90 Å². The number of aromatic nitrogens is 2. The van der Waals surface area contributed by atoms with Crippen LogP contribution in [0.25, 0.3) is 22.5 Å². The molecule has 6 nitrogen and oxygen atoms in total. The van der Waals surface area contributed by atoms with Gasteiger partial charge in [-0.25, -0.2) is 15.4 Å². The third-order valence-electron chi connectivity index (χ3n) is 4.34. The molecule has 0 atom stereocenters. The molecule has 0 aliphatic rings. The first-order valence-corrected chi connectivity index (χ1v) is 9.31. The van der Waals surface area contributed by atoms with Gasteiger partial charge in [0.15, 0.2) is 0 Å². The van der Waals surface area contributed by atoms with Crippen molar-refractivity contribution in [3.05, 3.63) is 102 Å². The predicted octanol–water partition coefficient (Wildman–Crippen LogP) is 4.28. The van der Waals surface area contributed by atoms with Crippen molar-refractivity contribution in [2.24, 2.45) is 5.10 Å². The van der Waals surface area contributed by atoms with Gasteiger partial charge in [0.1, 0.15) is 5.75 Å². The highest BCUT2D eigenvalue weighted by Crippen LogP contribution is 2.23. The molecule has 0 fully saturated rings. The number of hydrogen-bond acceptors (Lipinski definition) is 5. The standard InChI is InChI=1S/C24H18N4O2/c29-20-13-11-17(12-14-20)16-25-28-24(30)23-26-21(18-7-3-1-4-8-18)15-22(27-23)19-9-5-2-6-10-19/h1-16,29H,(H,28,30)/b25-16+. The predicted molar refractivity (Wildman–Crippen MR) is 116 cm³/mol. The van der Waals surface area contributed by atoms with E-state index in [1.165, 1.54) is 6.21 Å². The van der Waals surface area contributed by atoms with E-state index < -0.39 is 5.91 Å². The minimum Gasteiger partial charge on any atom is -0.508 e. The van der Waals surface area contributed by atoms with Crippen LogP contribution in [0.15, 0.2) is 96.1 Å². The molecule has 1 heterocycles. The molecule has 0 aliphatic carbocycles. The lowest BCUT2D eigenvalue weighted by atomic mass is 10.1. The third kappa shape index (κ3) is 4.56. The third-order valence-corrected chi connectivity index (χ3v) is 4.34. The van der Waals surface area contributed by atoms with E-state index in [9.17, 15) is 9.90 Å². The average molecular weight is 394 g/mol. The minimum absolute atomic E-state index is 0.0260. The number of rotatable bonds is 5. The molecule has 0 saturated carbocycles. The van der Waals surface area contributed by atoms with Gasteiger partial charge in [0.2, 0.25) is 5.82 Å². The molecule has 0 radical (unpaired) electrons. The first-order valence-electron chi connectivity index (χ1n) is 9.31. The highest BCUT2D eigenvalue weighted by molar-refractivity contribution is 5.92. The Balaban J connectivity index is 1.64. The van der Waals surface area contributed by atoms with Crippen molar-refractivity contribution in [3.63, 3.8) is 0 Å². The summed E-state index contributed by atoms with van der Waals surface area (Å²) in [6.45, 7) is 0. The van der Waals surface area contributed by atoms with Gasteiger partial charge in [0.05, 0.1) is 17.6 Å². The second-order valence-corrected chi connectivity index (χ2v) is 6.48. The van der Waals surface area contributed by atoms with Gasteiger partial charge in [-0.15, -0.1) is 0 Å². The summed E-state index contributed by atoms with van der Waals surface area (Å²) in [6, 6.07) is 27.6. The summed E-state index contributed by atoms with van der Waals surface area (Å²) in [5.41, 5.74) is 6.27. The summed E-state index contributed by atoms with van der Waals surface area (Å²) in [6.07, 6.45) is 1.48. The Hall–Kier alpha value is -4.32. The summed E-state index contributed by atoms with van der Waals surface area (Å²) in [5, 5.41) is 13.3. The van der Waals surface area contributed by atoms with Crippen LogP contribution in [0.3, 0.4) is 0 Å². The molecule has 4 rings (SSSR count). The number of nitrogens with zero attached hydrogens (tertiary/aromatic N) is 3. The number of carbonyl (C=O) groups is 1. The lowest BCUT2D eigenvalue weighted by molar-refractivity contribution is 0.0945. The van der Waals surface area contributed by atoms with Crippen molar-refractivity contribution in [2.75, 3.05) is 0 Å². The first kappa shape index (κ1) is 19.0.